The number of amides is 1. The minimum atomic E-state index is -0.342. The Morgan fingerprint density at radius 1 is 1.10 bits per heavy atom. The number of ether oxygens (including phenoxy) is 2. The van der Waals surface area contributed by atoms with E-state index in [2.05, 4.69) is 15.6 Å². The average molecular weight is 416 g/mol. The quantitative estimate of drug-likeness (QED) is 0.466. The first-order valence-electron chi connectivity index (χ1n) is 9.76. The largest absolute Gasteiger partial charge is 0.493 e. The number of benzene rings is 2. The molecule has 31 heavy (non-hydrogen) atoms. The van der Waals surface area contributed by atoms with Gasteiger partial charge in [0.05, 0.1) is 25.6 Å². The van der Waals surface area contributed by atoms with Gasteiger partial charge in [-0.1, -0.05) is 23.4 Å². The van der Waals surface area contributed by atoms with Gasteiger partial charge in [0, 0.05) is 23.6 Å². The zero-order valence-electron chi connectivity index (χ0n) is 17.3. The second-order valence-corrected chi connectivity index (χ2v) is 7.24. The molecule has 8 heteroatoms. The highest BCUT2D eigenvalue weighted by atomic mass is 16.5. The third-order valence-corrected chi connectivity index (χ3v) is 5.30. The molecule has 0 fully saturated rings. The fourth-order valence-electron chi connectivity index (χ4n) is 3.91. The summed E-state index contributed by atoms with van der Waals surface area (Å²) in [7, 11) is 3.21. The molecule has 2 aromatic heterocycles. The van der Waals surface area contributed by atoms with Crippen molar-refractivity contribution in [3.8, 4) is 28.4 Å². The fourth-order valence-corrected chi connectivity index (χ4v) is 3.91. The van der Waals surface area contributed by atoms with Crippen molar-refractivity contribution in [2.24, 2.45) is 0 Å². The van der Waals surface area contributed by atoms with E-state index < -0.39 is 0 Å². The lowest BCUT2D eigenvalue weighted by Gasteiger charge is -2.12. The number of rotatable bonds is 5. The van der Waals surface area contributed by atoms with Gasteiger partial charge in [0.1, 0.15) is 5.76 Å². The van der Waals surface area contributed by atoms with Gasteiger partial charge in [-0.15, -0.1) is 0 Å². The molecule has 0 unspecified atom stereocenters. The molecular formula is C23H20N4O4. The molecule has 0 atom stereocenters. The number of aryl methyl sites for hydroxylation is 1. The number of carbonyl (C=O) groups excluding carboxylic acids is 1. The molecule has 1 N–H and O–H groups in total. The molecule has 0 saturated heterocycles. The summed E-state index contributed by atoms with van der Waals surface area (Å²) in [5.41, 5.74) is 4.91. The van der Waals surface area contributed by atoms with Gasteiger partial charge >= 0.3 is 0 Å². The fraction of sp³-hybridized carbons (Fsp3) is 0.174. The summed E-state index contributed by atoms with van der Waals surface area (Å²) >= 11 is 0. The Morgan fingerprint density at radius 3 is 2.52 bits per heavy atom. The van der Waals surface area contributed by atoms with Crippen LogP contribution in [0.3, 0.4) is 0 Å². The SMILES string of the molecule is COc1cc2c(cc1OC)-c1c(c(C(=O)Nc3cc(C)on3)nn1-c1ccccc1)C2. The van der Waals surface area contributed by atoms with E-state index in [1.54, 1.807) is 31.9 Å². The lowest BCUT2D eigenvalue weighted by molar-refractivity contribution is 0.102. The number of para-hydroxylation sites is 1. The van der Waals surface area contributed by atoms with Crippen LogP contribution >= 0.6 is 0 Å². The highest BCUT2D eigenvalue weighted by Crippen LogP contribution is 2.44. The van der Waals surface area contributed by atoms with E-state index in [0.29, 0.717) is 35.2 Å². The maximum absolute atomic E-state index is 13.1. The normalized spacial score (nSPS) is 11.7. The number of hydrogen-bond acceptors (Lipinski definition) is 6. The van der Waals surface area contributed by atoms with E-state index in [-0.39, 0.29) is 5.91 Å². The van der Waals surface area contributed by atoms with Crippen molar-refractivity contribution in [1.82, 2.24) is 14.9 Å². The molecule has 2 heterocycles. The van der Waals surface area contributed by atoms with E-state index >= 15 is 0 Å². The monoisotopic (exact) mass is 416 g/mol. The van der Waals surface area contributed by atoms with Crippen LogP contribution in [0.1, 0.15) is 27.4 Å². The molecule has 8 nitrogen and oxygen atoms in total. The van der Waals surface area contributed by atoms with Gasteiger partial charge < -0.3 is 19.3 Å². The summed E-state index contributed by atoms with van der Waals surface area (Å²) in [6, 6.07) is 15.3. The van der Waals surface area contributed by atoms with Gasteiger partial charge in [-0.2, -0.15) is 5.10 Å². The van der Waals surface area contributed by atoms with Crippen LogP contribution in [0.5, 0.6) is 11.5 Å². The van der Waals surface area contributed by atoms with Crippen LogP contribution in [0.2, 0.25) is 0 Å². The molecule has 0 spiro atoms. The van der Waals surface area contributed by atoms with E-state index in [9.17, 15) is 4.79 Å². The molecular weight excluding hydrogens is 396 g/mol. The van der Waals surface area contributed by atoms with Crippen molar-refractivity contribution in [2.45, 2.75) is 13.3 Å². The van der Waals surface area contributed by atoms with Crippen LogP contribution in [0.15, 0.2) is 53.1 Å². The molecule has 1 aliphatic rings. The number of hydrogen-bond donors (Lipinski definition) is 1. The van der Waals surface area contributed by atoms with Crippen LogP contribution in [-0.4, -0.2) is 35.1 Å². The molecule has 156 valence electrons. The lowest BCUT2D eigenvalue weighted by atomic mass is 10.1. The second kappa shape index (κ2) is 7.32. The third kappa shape index (κ3) is 3.13. The summed E-state index contributed by atoms with van der Waals surface area (Å²) in [6.07, 6.45) is 0.554. The van der Waals surface area contributed by atoms with Crippen molar-refractivity contribution >= 4 is 11.7 Å². The summed E-state index contributed by atoms with van der Waals surface area (Å²) in [6.45, 7) is 1.77. The zero-order valence-corrected chi connectivity index (χ0v) is 17.3. The van der Waals surface area contributed by atoms with Crippen molar-refractivity contribution in [2.75, 3.05) is 19.5 Å². The third-order valence-electron chi connectivity index (χ3n) is 5.30. The Balaban J connectivity index is 1.66. The summed E-state index contributed by atoms with van der Waals surface area (Å²) in [5.74, 6) is 1.89. The molecule has 0 aliphatic heterocycles. The summed E-state index contributed by atoms with van der Waals surface area (Å²) in [5, 5.41) is 11.3. The molecule has 2 aromatic carbocycles. The molecule has 5 rings (SSSR count). The van der Waals surface area contributed by atoms with Gasteiger partial charge in [0.2, 0.25) is 0 Å². The molecule has 0 radical (unpaired) electrons. The van der Waals surface area contributed by atoms with E-state index in [4.69, 9.17) is 14.0 Å². The van der Waals surface area contributed by atoms with Crippen molar-refractivity contribution in [1.29, 1.82) is 0 Å². The Bertz CT molecular complexity index is 1290. The number of nitrogens with zero attached hydrogens (tertiary/aromatic N) is 3. The number of carbonyl (C=O) groups is 1. The minimum Gasteiger partial charge on any atom is -0.493 e. The van der Waals surface area contributed by atoms with Crippen molar-refractivity contribution in [3.05, 3.63) is 71.1 Å². The number of methoxy groups -OCH3 is 2. The van der Waals surface area contributed by atoms with Crippen LogP contribution in [-0.2, 0) is 6.42 Å². The molecule has 0 saturated carbocycles. The highest BCUT2D eigenvalue weighted by molar-refractivity contribution is 6.05. The van der Waals surface area contributed by atoms with Crippen molar-refractivity contribution < 1.29 is 18.8 Å². The molecule has 1 aliphatic carbocycles. The second-order valence-electron chi connectivity index (χ2n) is 7.24. The summed E-state index contributed by atoms with van der Waals surface area (Å²) in [4.78, 5) is 13.1. The smallest absolute Gasteiger partial charge is 0.277 e. The number of aromatic nitrogens is 3. The van der Waals surface area contributed by atoms with Gasteiger partial charge in [-0.3, -0.25) is 4.79 Å². The first kappa shape index (κ1) is 18.9. The molecule has 4 aromatic rings. The Labute approximate surface area is 178 Å². The summed E-state index contributed by atoms with van der Waals surface area (Å²) < 4.78 is 17.8. The zero-order chi connectivity index (χ0) is 21.5. The highest BCUT2D eigenvalue weighted by Gasteiger charge is 2.32. The van der Waals surface area contributed by atoms with Gasteiger partial charge in [-0.05, 0) is 36.8 Å². The minimum absolute atomic E-state index is 0.341. The van der Waals surface area contributed by atoms with Crippen LogP contribution < -0.4 is 14.8 Å². The predicted molar refractivity (Wildman–Crippen MR) is 114 cm³/mol. The van der Waals surface area contributed by atoms with E-state index in [1.165, 1.54) is 0 Å². The lowest BCUT2D eigenvalue weighted by Crippen LogP contribution is -2.15. The number of nitrogens with one attached hydrogen (secondary N) is 1. The van der Waals surface area contributed by atoms with E-state index in [1.807, 2.05) is 42.5 Å². The van der Waals surface area contributed by atoms with Crippen LogP contribution in [0, 0.1) is 6.92 Å². The first-order chi connectivity index (χ1) is 15.1. The van der Waals surface area contributed by atoms with Crippen LogP contribution in [0.25, 0.3) is 16.9 Å². The molecule has 1 amide bonds. The van der Waals surface area contributed by atoms with Crippen molar-refractivity contribution in [3.63, 3.8) is 0 Å². The maximum atomic E-state index is 13.1. The average Bonchev–Trinajstić information content (AvgIpc) is 3.47. The number of fused-ring (bicyclic) bond motifs is 3. The first-order valence-corrected chi connectivity index (χ1v) is 9.76. The van der Waals surface area contributed by atoms with Crippen LogP contribution in [0.4, 0.5) is 5.82 Å². The van der Waals surface area contributed by atoms with Gasteiger partial charge in [0.25, 0.3) is 5.91 Å². The number of anilines is 1. The Hall–Kier alpha value is -4.07. The van der Waals surface area contributed by atoms with Gasteiger partial charge in [-0.25, -0.2) is 4.68 Å². The topological polar surface area (TPSA) is 91.4 Å². The Kier molecular flexibility index (Phi) is 4.47. The molecule has 0 bridgehead atoms. The standard InChI is InChI=1S/C23H20N4O4/c1-13-9-20(26-31-13)24-23(28)21-17-10-14-11-18(29-2)19(30-3)12-16(14)22(17)27(25-21)15-7-5-4-6-8-15/h4-9,11-12H,10H2,1-3H3,(H,24,26,28). The van der Waals surface area contributed by atoms with E-state index in [0.717, 1.165) is 28.1 Å². The van der Waals surface area contributed by atoms with Gasteiger partial charge in [0.15, 0.2) is 23.0 Å². The Morgan fingerprint density at radius 2 is 1.84 bits per heavy atom. The maximum Gasteiger partial charge on any atom is 0.277 e. The predicted octanol–water partition coefficient (Wildman–Crippen LogP) is 4.01.